The Morgan fingerprint density at radius 1 is 1.09 bits per heavy atom. The molecular formula is C19H30N2O. The van der Waals surface area contributed by atoms with Gasteiger partial charge in [0, 0.05) is 25.6 Å². The zero-order valence-corrected chi connectivity index (χ0v) is 14.1. The van der Waals surface area contributed by atoms with E-state index >= 15 is 0 Å². The number of hydrogen-bond acceptors (Lipinski definition) is 2. The van der Waals surface area contributed by atoms with E-state index in [-0.39, 0.29) is 11.9 Å². The monoisotopic (exact) mass is 302 g/mol. The second-order valence-corrected chi connectivity index (χ2v) is 6.61. The molecule has 122 valence electrons. The SMILES string of the molecule is CC(C)N(Cc1ccccc1)C(=O)CCN1CCCCCC1. The predicted molar refractivity (Wildman–Crippen MR) is 91.7 cm³/mol. The molecule has 22 heavy (non-hydrogen) atoms. The van der Waals surface area contributed by atoms with Crippen LogP contribution in [0.5, 0.6) is 0 Å². The third-order valence-electron chi connectivity index (χ3n) is 4.48. The third kappa shape index (κ3) is 5.45. The van der Waals surface area contributed by atoms with E-state index in [9.17, 15) is 4.79 Å². The van der Waals surface area contributed by atoms with Gasteiger partial charge in [0.25, 0.3) is 0 Å². The van der Waals surface area contributed by atoms with E-state index in [0.717, 1.165) is 26.2 Å². The highest BCUT2D eigenvalue weighted by atomic mass is 16.2. The summed E-state index contributed by atoms with van der Waals surface area (Å²) in [5.41, 5.74) is 1.21. The molecule has 1 aliphatic rings. The van der Waals surface area contributed by atoms with Crippen LogP contribution in [0, 0.1) is 0 Å². The average Bonchev–Trinajstić information content (AvgIpc) is 2.80. The topological polar surface area (TPSA) is 23.6 Å². The molecule has 0 bridgehead atoms. The van der Waals surface area contributed by atoms with E-state index in [2.05, 4.69) is 30.9 Å². The van der Waals surface area contributed by atoms with Crippen molar-refractivity contribution in [3.8, 4) is 0 Å². The molecule has 0 unspecified atom stereocenters. The van der Waals surface area contributed by atoms with Gasteiger partial charge in [-0.2, -0.15) is 0 Å². The van der Waals surface area contributed by atoms with Gasteiger partial charge in [0.05, 0.1) is 0 Å². The average molecular weight is 302 g/mol. The van der Waals surface area contributed by atoms with Crippen LogP contribution < -0.4 is 0 Å². The molecule has 0 saturated carbocycles. The van der Waals surface area contributed by atoms with Crippen LogP contribution in [0.25, 0.3) is 0 Å². The lowest BCUT2D eigenvalue weighted by molar-refractivity contribution is -0.133. The number of benzene rings is 1. The molecule has 1 aromatic carbocycles. The Bertz CT molecular complexity index is 436. The Kier molecular flexibility index (Phi) is 6.91. The smallest absolute Gasteiger partial charge is 0.224 e. The van der Waals surface area contributed by atoms with E-state index in [1.54, 1.807) is 0 Å². The van der Waals surface area contributed by atoms with Crippen LogP contribution in [0.3, 0.4) is 0 Å². The largest absolute Gasteiger partial charge is 0.336 e. The van der Waals surface area contributed by atoms with E-state index in [4.69, 9.17) is 0 Å². The fourth-order valence-electron chi connectivity index (χ4n) is 3.10. The lowest BCUT2D eigenvalue weighted by Crippen LogP contribution is -2.38. The molecular weight excluding hydrogens is 272 g/mol. The first kappa shape index (κ1) is 17.0. The summed E-state index contributed by atoms with van der Waals surface area (Å²) < 4.78 is 0. The van der Waals surface area contributed by atoms with Crippen molar-refractivity contribution >= 4 is 5.91 Å². The van der Waals surface area contributed by atoms with Crippen LogP contribution in [-0.4, -0.2) is 41.4 Å². The van der Waals surface area contributed by atoms with Crippen LogP contribution in [0.15, 0.2) is 30.3 Å². The predicted octanol–water partition coefficient (Wildman–Crippen LogP) is 3.69. The first-order valence-corrected chi connectivity index (χ1v) is 8.72. The van der Waals surface area contributed by atoms with E-state index in [1.165, 1.54) is 31.2 Å². The van der Waals surface area contributed by atoms with Crippen molar-refractivity contribution in [3.05, 3.63) is 35.9 Å². The maximum absolute atomic E-state index is 12.6. The highest BCUT2D eigenvalue weighted by Gasteiger charge is 2.18. The van der Waals surface area contributed by atoms with Crippen molar-refractivity contribution in [1.29, 1.82) is 0 Å². The molecule has 0 spiro atoms. The van der Waals surface area contributed by atoms with E-state index in [1.807, 2.05) is 23.1 Å². The zero-order valence-electron chi connectivity index (χ0n) is 14.1. The number of carbonyl (C=O) groups is 1. The number of carbonyl (C=O) groups excluding carboxylic acids is 1. The summed E-state index contributed by atoms with van der Waals surface area (Å²) in [6.07, 6.45) is 5.90. The standard InChI is InChI=1S/C19H30N2O/c1-17(2)21(16-18-10-6-5-7-11-18)19(22)12-15-20-13-8-3-4-9-14-20/h5-7,10-11,17H,3-4,8-9,12-16H2,1-2H3. The number of nitrogens with zero attached hydrogens (tertiary/aromatic N) is 2. The van der Waals surface area contributed by atoms with E-state index < -0.39 is 0 Å². The lowest BCUT2D eigenvalue weighted by atomic mass is 10.1. The van der Waals surface area contributed by atoms with Gasteiger partial charge in [0.2, 0.25) is 5.91 Å². The highest BCUT2D eigenvalue weighted by molar-refractivity contribution is 5.76. The second kappa shape index (κ2) is 8.94. The Morgan fingerprint density at radius 3 is 2.32 bits per heavy atom. The van der Waals surface area contributed by atoms with Crippen molar-refractivity contribution < 1.29 is 4.79 Å². The van der Waals surface area contributed by atoms with Crippen molar-refractivity contribution in [2.75, 3.05) is 19.6 Å². The minimum atomic E-state index is 0.247. The van der Waals surface area contributed by atoms with Gasteiger partial charge in [-0.3, -0.25) is 4.79 Å². The van der Waals surface area contributed by atoms with Crippen molar-refractivity contribution in [1.82, 2.24) is 9.80 Å². The third-order valence-corrected chi connectivity index (χ3v) is 4.48. The zero-order chi connectivity index (χ0) is 15.8. The normalized spacial score (nSPS) is 16.5. The lowest BCUT2D eigenvalue weighted by Gasteiger charge is -2.28. The summed E-state index contributed by atoms with van der Waals surface area (Å²) in [6.45, 7) is 8.16. The maximum Gasteiger partial charge on any atom is 0.224 e. The highest BCUT2D eigenvalue weighted by Crippen LogP contribution is 2.13. The van der Waals surface area contributed by atoms with Crippen LogP contribution in [0.4, 0.5) is 0 Å². The Balaban J connectivity index is 1.86. The maximum atomic E-state index is 12.6. The fraction of sp³-hybridized carbons (Fsp3) is 0.632. The van der Waals surface area contributed by atoms with Gasteiger partial charge in [-0.15, -0.1) is 0 Å². The Labute approximate surface area is 135 Å². The van der Waals surface area contributed by atoms with Gasteiger partial charge in [-0.05, 0) is 45.3 Å². The van der Waals surface area contributed by atoms with Crippen LogP contribution in [0.1, 0.15) is 51.5 Å². The summed E-state index contributed by atoms with van der Waals surface area (Å²) in [4.78, 5) is 17.1. The quantitative estimate of drug-likeness (QED) is 0.800. The van der Waals surface area contributed by atoms with Gasteiger partial charge in [0.1, 0.15) is 0 Å². The van der Waals surface area contributed by atoms with Gasteiger partial charge in [-0.25, -0.2) is 0 Å². The summed E-state index contributed by atoms with van der Waals surface area (Å²) >= 11 is 0. The Hall–Kier alpha value is -1.35. The molecule has 1 amide bonds. The molecule has 0 atom stereocenters. The van der Waals surface area contributed by atoms with Gasteiger partial charge in [0.15, 0.2) is 0 Å². The fourth-order valence-corrected chi connectivity index (χ4v) is 3.10. The van der Waals surface area contributed by atoms with Crippen molar-refractivity contribution in [2.45, 2.75) is 58.5 Å². The molecule has 0 N–H and O–H groups in total. The van der Waals surface area contributed by atoms with Crippen molar-refractivity contribution in [2.24, 2.45) is 0 Å². The summed E-state index contributed by atoms with van der Waals surface area (Å²) in [5, 5.41) is 0. The van der Waals surface area contributed by atoms with Gasteiger partial charge >= 0.3 is 0 Å². The molecule has 1 fully saturated rings. The van der Waals surface area contributed by atoms with Crippen LogP contribution in [-0.2, 0) is 11.3 Å². The van der Waals surface area contributed by atoms with Crippen LogP contribution >= 0.6 is 0 Å². The molecule has 1 heterocycles. The minimum Gasteiger partial charge on any atom is -0.336 e. The number of rotatable bonds is 6. The molecule has 3 heteroatoms. The number of likely N-dealkylation sites (tertiary alicyclic amines) is 1. The molecule has 1 saturated heterocycles. The van der Waals surface area contributed by atoms with Crippen LogP contribution in [0.2, 0.25) is 0 Å². The minimum absolute atomic E-state index is 0.247. The molecule has 2 rings (SSSR count). The number of amides is 1. The van der Waals surface area contributed by atoms with Gasteiger partial charge < -0.3 is 9.80 Å². The molecule has 3 nitrogen and oxygen atoms in total. The van der Waals surface area contributed by atoms with E-state index in [0.29, 0.717) is 6.42 Å². The summed E-state index contributed by atoms with van der Waals surface area (Å²) in [7, 11) is 0. The van der Waals surface area contributed by atoms with Gasteiger partial charge in [-0.1, -0.05) is 43.2 Å². The molecule has 1 aromatic rings. The molecule has 0 radical (unpaired) electrons. The molecule has 1 aliphatic heterocycles. The number of hydrogen-bond donors (Lipinski definition) is 0. The first-order chi connectivity index (χ1) is 10.7. The molecule has 0 aliphatic carbocycles. The summed E-state index contributed by atoms with van der Waals surface area (Å²) in [6, 6.07) is 10.5. The van der Waals surface area contributed by atoms with Crippen molar-refractivity contribution in [3.63, 3.8) is 0 Å². The Morgan fingerprint density at radius 2 is 1.73 bits per heavy atom. The first-order valence-electron chi connectivity index (χ1n) is 8.72. The second-order valence-electron chi connectivity index (χ2n) is 6.61. The summed E-state index contributed by atoms with van der Waals surface area (Å²) in [5.74, 6) is 0.281. The molecule has 0 aromatic heterocycles.